The summed E-state index contributed by atoms with van der Waals surface area (Å²) in [5.74, 6) is 0. The number of hydrogen-bond donors (Lipinski definition) is 0. The molecule has 45 valence electrons. The third-order valence-electron chi connectivity index (χ3n) is 0.707. The van der Waals surface area contributed by atoms with Gasteiger partial charge in [-0.1, -0.05) is 45.6 Å². The highest BCUT2D eigenvalue weighted by Gasteiger charge is 2.01. The van der Waals surface area contributed by atoms with Gasteiger partial charge in [0, 0.05) is 0 Å². The van der Waals surface area contributed by atoms with E-state index in [-0.39, 0.29) is 5.41 Å². The van der Waals surface area contributed by atoms with E-state index in [9.17, 15) is 0 Å². The summed E-state index contributed by atoms with van der Waals surface area (Å²) in [6.07, 6.45) is 5.47. The van der Waals surface area contributed by atoms with Crippen molar-refractivity contribution >= 4 is 0 Å². The van der Waals surface area contributed by atoms with Crippen LogP contribution in [0.15, 0.2) is 18.2 Å². The van der Waals surface area contributed by atoms with Gasteiger partial charge in [0.05, 0.1) is 0 Å². The number of hydrogen-bond acceptors (Lipinski definition) is 0. The third-order valence-corrected chi connectivity index (χ3v) is 0.707. The molecule has 0 saturated heterocycles. The van der Waals surface area contributed by atoms with Crippen molar-refractivity contribution < 1.29 is 0 Å². The van der Waals surface area contributed by atoms with Crippen molar-refractivity contribution in [2.75, 3.05) is 0 Å². The minimum absolute atomic E-state index is 0.260. The fourth-order valence-electron chi connectivity index (χ4n) is 0.344. The first kappa shape index (κ1) is 7.48. The zero-order valence-electron chi connectivity index (χ0n) is 5.81. The second kappa shape index (κ2) is 2.71. The van der Waals surface area contributed by atoms with Gasteiger partial charge in [-0.2, -0.15) is 0 Å². The Kier molecular flexibility index (Phi) is 2.53. The van der Waals surface area contributed by atoms with E-state index in [2.05, 4.69) is 26.8 Å². The van der Waals surface area contributed by atoms with Gasteiger partial charge in [-0.3, -0.25) is 0 Å². The van der Waals surface area contributed by atoms with Gasteiger partial charge >= 0.3 is 0 Å². The highest BCUT2D eigenvalue weighted by Crippen LogP contribution is 2.13. The third kappa shape index (κ3) is 5.48. The molecule has 0 heterocycles. The first-order valence-corrected chi connectivity index (χ1v) is 2.79. The molecule has 0 aromatic carbocycles. The monoisotopic (exact) mass is 109 g/mol. The maximum Gasteiger partial charge on any atom is -0.0200 e. The molecule has 0 atom stereocenters. The Hall–Kier alpha value is -0.520. The van der Waals surface area contributed by atoms with Gasteiger partial charge in [0.15, 0.2) is 0 Å². The Balaban J connectivity index is 3.69. The first-order valence-electron chi connectivity index (χ1n) is 2.79. The Morgan fingerprint density at radius 3 is 1.88 bits per heavy atom. The largest absolute Gasteiger partial charge is 0.0791 e. The summed E-state index contributed by atoms with van der Waals surface area (Å²) in [7, 11) is 0. The van der Waals surface area contributed by atoms with Crippen molar-refractivity contribution in [1.29, 1.82) is 0 Å². The minimum Gasteiger partial charge on any atom is -0.0791 e. The van der Waals surface area contributed by atoms with E-state index in [1.165, 1.54) is 0 Å². The second-order valence-corrected chi connectivity index (χ2v) is 2.92. The molecule has 0 nitrogen and oxygen atoms in total. The summed E-state index contributed by atoms with van der Waals surface area (Å²) in [5.41, 5.74) is 0.260. The van der Waals surface area contributed by atoms with Crippen molar-refractivity contribution in [3.63, 3.8) is 0 Å². The molecule has 0 amide bonds. The van der Waals surface area contributed by atoms with Gasteiger partial charge in [-0.05, 0) is 5.41 Å². The van der Waals surface area contributed by atoms with Gasteiger partial charge in [-0.25, -0.2) is 0 Å². The average molecular weight is 109 g/mol. The van der Waals surface area contributed by atoms with Gasteiger partial charge in [0.2, 0.25) is 0 Å². The van der Waals surface area contributed by atoms with Crippen LogP contribution in [0.25, 0.3) is 0 Å². The molecule has 0 heteroatoms. The van der Waals surface area contributed by atoms with Crippen LogP contribution in [0.4, 0.5) is 0 Å². The van der Waals surface area contributed by atoms with Gasteiger partial charge in [0.1, 0.15) is 0 Å². The Morgan fingerprint density at radius 2 is 1.75 bits per heavy atom. The molecule has 0 aromatic heterocycles. The maximum atomic E-state index is 5.12. The molecule has 8 heavy (non-hydrogen) atoms. The van der Waals surface area contributed by atoms with Crippen molar-refractivity contribution in [2.24, 2.45) is 5.41 Å². The van der Waals surface area contributed by atoms with Crippen LogP contribution in [0.1, 0.15) is 20.8 Å². The Morgan fingerprint density at radius 1 is 1.25 bits per heavy atom. The summed E-state index contributed by atoms with van der Waals surface area (Å²) < 4.78 is 0. The lowest BCUT2D eigenvalue weighted by Gasteiger charge is -2.09. The summed E-state index contributed by atoms with van der Waals surface area (Å²) in [5, 5.41) is 0. The summed E-state index contributed by atoms with van der Waals surface area (Å²) >= 11 is 0. The highest BCUT2D eigenvalue weighted by molar-refractivity contribution is 5.01. The van der Waals surface area contributed by atoms with Crippen LogP contribution in [0, 0.1) is 12.0 Å². The van der Waals surface area contributed by atoms with E-state index in [0.717, 1.165) is 0 Å². The zero-order chi connectivity index (χ0) is 6.62. The molecule has 0 aliphatic heterocycles. The SMILES string of the molecule is [CH]=C/C=C/C(C)(C)C. The molecule has 0 spiro atoms. The molecule has 0 bridgehead atoms. The summed E-state index contributed by atoms with van der Waals surface area (Å²) in [6.45, 7) is 11.5. The predicted molar refractivity (Wildman–Crippen MR) is 37.5 cm³/mol. The van der Waals surface area contributed by atoms with Crippen LogP contribution >= 0.6 is 0 Å². The van der Waals surface area contributed by atoms with Crippen LogP contribution < -0.4 is 0 Å². The van der Waals surface area contributed by atoms with Crippen LogP contribution in [-0.2, 0) is 0 Å². The fourth-order valence-corrected chi connectivity index (χ4v) is 0.344. The summed E-state index contributed by atoms with van der Waals surface area (Å²) in [4.78, 5) is 0. The first-order chi connectivity index (χ1) is 3.56. The smallest absolute Gasteiger partial charge is 0.0200 e. The molecule has 0 rings (SSSR count). The molecule has 1 radical (unpaired) electrons. The van der Waals surface area contributed by atoms with E-state index in [1.807, 2.05) is 6.08 Å². The van der Waals surface area contributed by atoms with E-state index in [1.54, 1.807) is 6.08 Å². The van der Waals surface area contributed by atoms with Gasteiger partial charge in [-0.15, -0.1) is 0 Å². The van der Waals surface area contributed by atoms with Crippen molar-refractivity contribution in [1.82, 2.24) is 0 Å². The fraction of sp³-hybridized carbons (Fsp3) is 0.500. The predicted octanol–water partition coefficient (Wildman–Crippen LogP) is 2.58. The normalized spacial score (nSPS) is 12.4. The van der Waals surface area contributed by atoms with Crippen LogP contribution in [0.5, 0.6) is 0 Å². The van der Waals surface area contributed by atoms with Crippen LogP contribution in [0.2, 0.25) is 0 Å². The lowest BCUT2D eigenvalue weighted by molar-refractivity contribution is 0.544. The second-order valence-electron chi connectivity index (χ2n) is 2.92. The quantitative estimate of drug-likeness (QED) is 0.454. The number of rotatable bonds is 1. The average Bonchev–Trinajstić information content (AvgIpc) is 1.59. The standard InChI is InChI=1S/C8H13/c1-5-6-7-8(2,3)4/h1,5-7H,2-4H3/b5-1?,7-6+. The van der Waals surface area contributed by atoms with Crippen molar-refractivity contribution in [2.45, 2.75) is 20.8 Å². The van der Waals surface area contributed by atoms with E-state index < -0.39 is 0 Å². The Labute approximate surface area is 51.9 Å². The van der Waals surface area contributed by atoms with E-state index in [4.69, 9.17) is 6.58 Å². The molecule has 0 aromatic rings. The highest BCUT2D eigenvalue weighted by atomic mass is 14.1. The topological polar surface area (TPSA) is 0 Å². The maximum absolute atomic E-state index is 5.12. The van der Waals surface area contributed by atoms with Crippen LogP contribution in [-0.4, -0.2) is 0 Å². The molecule has 0 fully saturated rings. The minimum atomic E-state index is 0.260. The molecule has 0 aliphatic rings. The van der Waals surface area contributed by atoms with Crippen LogP contribution in [0.3, 0.4) is 0 Å². The Bertz CT molecular complexity index is 91.1. The molecule has 0 aliphatic carbocycles. The lowest BCUT2D eigenvalue weighted by atomic mass is 9.96. The zero-order valence-corrected chi connectivity index (χ0v) is 5.81. The van der Waals surface area contributed by atoms with Crippen molar-refractivity contribution in [3.8, 4) is 0 Å². The molecule has 0 unspecified atom stereocenters. The molecule has 0 N–H and O–H groups in total. The van der Waals surface area contributed by atoms with E-state index in [0.29, 0.717) is 0 Å². The molecule has 0 saturated carbocycles. The van der Waals surface area contributed by atoms with Gasteiger partial charge < -0.3 is 0 Å². The lowest BCUT2D eigenvalue weighted by Crippen LogP contribution is -1.97. The number of allylic oxidation sites excluding steroid dienone is 3. The summed E-state index contributed by atoms with van der Waals surface area (Å²) in [6, 6.07) is 0. The molecular formula is C8H13. The molecular weight excluding hydrogens is 96.1 g/mol. The van der Waals surface area contributed by atoms with Gasteiger partial charge in [0.25, 0.3) is 0 Å². The van der Waals surface area contributed by atoms with Crippen molar-refractivity contribution in [3.05, 3.63) is 24.8 Å². The van der Waals surface area contributed by atoms with E-state index >= 15 is 0 Å².